The van der Waals surface area contributed by atoms with Crippen LogP contribution in [-0.2, 0) is 16.2 Å². The molecule has 1 N–H and O–H groups in total. The molecule has 0 spiro atoms. The van der Waals surface area contributed by atoms with Gasteiger partial charge < -0.3 is 19.5 Å². The van der Waals surface area contributed by atoms with Crippen LogP contribution in [0, 0.1) is 3.57 Å². The number of imide groups is 1. The molecule has 3 aromatic rings. The van der Waals surface area contributed by atoms with Gasteiger partial charge in [0.05, 0.1) is 22.7 Å². The monoisotopic (exact) mass is 664 g/mol. The number of anilines is 1. The van der Waals surface area contributed by atoms with E-state index in [1.54, 1.807) is 55.7 Å². The Morgan fingerprint density at radius 3 is 2.42 bits per heavy atom. The van der Waals surface area contributed by atoms with Crippen molar-refractivity contribution < 1.29 is 28.6 Å². The lowest BCUT2D eigenvalue weighted by atomic mass is 10.1. The Morgan fingerprint density at radius 2 is 1.76 bits per heavy atom. The van der Waals surface area contributed by atoms with Crippen LogP contribution in [0.3, 0.4) is 0 Å². The molecule has 196 valence electrons. The molecule has 38 heavy (non-hydrogen) atoms. The zero-order chi connectivity index (χ0) is 27.2. The molecule has 0 aromatic heterocycles. The van der Waals surface area contributed by atoms with Gasteiger partial charge in [-0.3, -0.25) is 19.3 Å². The Labute approximate surface area is 242 Å². The van der Waals surface area contributed by atoms with Gasteiger partial charge in [0, 0.05) is 10.7 Å². The summed E-state index contributed by atoms with van der Waals surface area (Å²) in [6.45, 7) is -0.0767. The van der Waals surface area contributed by atoms with E-state index >= 15 is 0 Å². The van der Waals surface area contributed by atoms with Gasteiger partial charge in [-0.05, 0) is 100 Å². The van der Waals surface area contributed by atoms with Crippen LogP contribution >= 0.6 is 46.0 Å². The first-order chi connectivity index (χ1) is 18.3. The highest BCUT2D eigenvalue weighted by Gasteiger charge is 2.36. The lowest BCUT2D eigenvalue weighted by Crippen LogP contribution is -2.36. The van der Waals surface area contributed by atoms with Gasteiger partial charge in [0.1, 0.15) is 18.9 Å². The van der Waals surface area contributed by atoms with E-state index in [0.717, 1.165) is 25.8 Å². The van der Waals surface area contributed by atoms with Crippen molar-refractivity contribution in [3.05, 3.63) is 85.3 Å². The smallest absolute Gasteiger partial charge is 0.294 e. The summed E-state index contributed by atoms with van der Waals surface area (Å²) in [6.07, 6.45) is 1.60. The van der Waals surface area contributed by atoms with Crippen molar-refractivity contribution in [2.75, 3.05) is 26.1 Å². The highest BCUT2D eigenvalue weighted by atomic mass is 127. The number of benzene rings is 3. The first kappa shape index (κ1) is 27.8. The summed E-state index contributed by atoms with van der Waals surface area (Å²) in [5, 5.41) is 2.80. The van der Waals surface area contributed by atoms with Gasteiger partial charge in [-0.25, -0.2) is 0 Å². The molecule has 0 radical (unpaired) electrons. The molecule has 3 amide bonds. The average molecular weight is 665 g/mol. The number of thioether (sulfide) groups is 1. The van der Waals surface area contributed by atoms with Gasteiger partial charge in [0.25, 0.3) is 11.1 Å². The van der Waals surface area contributed by atoms with Crippen molar-refractivity contribution in [1.29, 1.82) is 0 Å². The number of hydrogen-bond donors (Lipinski definition) is 1. The van der Waals surface area contributed by atoms with E-state index in [4.69, 9.17) is 25.8 Å². The van der Waals surface area contributed by atoms with E-state index in [1.165, 1.54) is 7.11 Å². The van der Waals surface area contributed by atoms with Crippen molar-refractivity contribution >= 4 is 74.8 Å². The Kier molecular flexibility index (Phi) is 9.18. The van der Waals surface area contributed by atoms with Gasteiger partial charge in [-0.15, -0.1) is 0 Å². The molecule has 1 aliphatic heterocycles. The van der Waals surface area contributed by atoms with Crippen LogP contribution in [0.15, 0.2) is 65.6 Å². The fourth-order valence-electron chi connectivity index (χ4n) is 3.51. The third-order valence-corrected chi connectivity index (χ3v) is 7.36. The number of ether oxygens (including phenoxy) is 3. The topological polar surface area (TPSA) is 94.2 Å². The Balaban J connectivity index is 1.44. The van der Waals surface area contributed by atoms with Crippen LogP contribution < -0.4 is 19.5 Å². The molecule has 1 saturated heterocycles. The summed E-state index contributed by atoms with van der Waals surface area (Å²) < 4.78 is 17.4. The molecule has 11 heteroatoms. The summed E-state index contributed by atoms with van der Waals surface area (Å²) in [6, 6.07) is 17.6. The molecule has 0 aliphatic carbocycles. The van der Waals surface area contributed by atoms with Gasteiger partial charge in [-0.2, -0.15) is 0 Å². The van der Waals surface area contributed by atoms with E-state index in [2.05, 4.69) is 27.9 Å². The predicted molar refractivity (Wildman–Crippen MR) is 156 cm³/mol. The SMILES string of the molecule is COc1ccc(NC(=O)CN2C(=O)S/C(=C/c3cc(I)c(OCc4ccc(Cl)cc4)c(OC)c3)C2=O)cc1. The number of carbonyl (C=O) groups excluding carboxylic acids is 3. The number of methoxy groups -OCH3 is 2. The maximum atomic E-state index is 12.9. The van der Waals surface area contributed by atoms with Crippen LogP contribution in [0.2, 0.25) is 5.02 Å². The highest BCUT2D eigenvalue weighted by Crippen LogP contribution is 2.37. The first-order valence-electron chi connectivity index (χ1n) is 11.2. The minimum absolute atomic E-state index is 0.208. The molecule has 1 aliphatic rings. The largest absolute Gasteiger partial charge is 0.497 e. The quantitative estimate of drug-likeness (QED) is 0.215. The summed E-state index contributed by atoms with van der Waals surface area (Å²) in [4.78, 5) is 39.0. The lowest BCUT2D eigenvalue weighted by Gasteiger charge is -2.14. The predicted octanol–water partition coefficient (Wildman–Crippen LogP) is 6.22. The number of rotatable bonds is 9. The average Bonchev–Trinajstić information content (AvgIpc) is 3.16. The third-order valence-electron chi connectivity index (χ3n) is 5.40. The number of carbonyl (C=O) groups is 3. The standard InChI is InChI=1S/C27H22ClIN2O6S/c1-35-20-9-7-19(8-10-20)30-24(32)14-31-26(33)23(38-27(31)34)13-17-11-21(29)25(22(12-17)36-2)37-15-16-3-5-18(28)6-4-16/h3-13H,14-15H2,1-2H3,(H,30,32)/b23-13+. The van der Waals surface area contributed by atoms with Crippen molar-refractivity contribution in [3.8, 4) is 17.2 Å². The number of nitrogens with one attached hydrogen (secondary N) is 1. The van der Waals surface area contributed by atoms with E-state index in [0.29, 0.717) is 40.1 Å². The van der Waals surface area contributed by atoms with Gasteiger partial charge in [-0.1, -0.05) is 23.7 Å². The Hall–Kier alpha value is -3.22. The minimum Gasteiger partial charge on any atom is -0.497 e. The van der Waals surface area contributed by atoms with Crippen molar-refractivity contribution in [2.24, 2.45) is 0 Å². The number of halogens is 2. The van der Waals surface area contributed by atoms with Crippen LogP contribution in [0.4, 0.5) is 10.5 Å². The number of nitrogens with zero attached hydrogens (tertiary/aromatic N) is 1. The molecular formula is C27H22ClIN2O6S. The molecular weight excluding hydrogens is 643 g/mol. The fraction of sp³-hybridized carbons (Fsp3) is 0.148. The van der Waals surface area contributed by atoms with Crippen molar-refractivity contribution in [3.63, 3.8) is 0 Å². The molecule has 0 bridgehead atoms. The van der Waals surface area contributed by atoms with Gasteiger partial charge >= 0.3 is 0 Å². The summed E-state index contributed by atoms with van der Waals surface area (Å²) in [5.74, 6) is 0.657. The van der Waals surface area contributed by atoms with E-state index in [9.17, 15) is 14.4 Å². The molecule has 0 saturated carbocycles. The number of amides is 3. The molecule has 8 nitrogen and oxygen atoms in total. The Bertz CT molecular complexity index is 1400. The molecule has 1 fully saturated rings. The molecule has 4 rings (SSSR count). The summed E-state index contributed by atoms with van der Waals surface area (Å²) >= 11 is 8.85. The van der Waals surface area contributed by atoms with Crippen LogP contribution in [0.1, 0.15) is 11.1 Å². The second kappa shape index (κ2) is 12.5. The zero-order valence-electron chi connectivity index (χ0n) is 20.3. The molecule has 1 heterocycles. The maximum absolute atomic E-state index is 12.9. The third kappa shape index (κ3) is 6.80. The molecule has 0 atom stereocenters. The van der Waals surface area contributed by atoms with Crippen molar-refractivity contribution in [1.82, 2.24) is 4.90 Å². The highest BCUT2D eigenvalue weighted by molar-refractivity contribution is 14.1. The van der Waals surface area contributed by atoms with E-state index in [-0.39, 0.29) is 4.91 Å². The van der Waals surface area contributed by atoms with Gasteiger partial charge in [0.2, 0.25) is 5.91 Å². The van der Waals surface area contributed by atoms with E-state index in [1.807, 2.05) is 18.2 Å². The molecule has 0 unspecified atom stereocenters. The maximum Gasteiger partial charge on any atom is 0.294 e. The minimum atomic E-state index is -0.540. The number of hydrogen-bond acceptors (Lipinski definition) is 7. The first-order valence-corrected chi connectivity index (χ1v) is 13.5. The van der Waals surface area contributed by atoms with Crippen molar-refractivity contribution in [2.45, 2.75) is 6.61 Å². The van der Waals surface area contributed by atoms with Crippen LogP contribution in [0.25, 0.3) is 6.08 Å². The van der Waals surface area contributed by atoms with E-state index < -0.39 is 23.6 Å². The van der Waals surface area contributed by atoms with Gasteiger partial charge in [0.15, 0.2) is 11.5 Å². The van der Waals surface area contributed by atoms with Crippen LogP contribution in [0.5, 0.6) is 17.2 Å². The second-order valence-electron chi connectivity index (χ2n) is 7.99. The normalized spacial score (nSPS) is 14.1. The fourth-order valence-corrected chi connectivity index (χ4v) is 5.25. The summed E-state index contributed by atoms with van der Waals surface area (Å²) in [5.41, 5.74) is 2.12. The lowest BCUT2D eigenvalue weighted by molar-refractivity contribution is -0.127. The zero-order valence-corrected chi connectivity index (χ0v) is 24.1. The summed E-state index contributed by atoms with van der Waals surface area (Å²) in [7, 11) is 3.07. The Morgan fingerprint density at radius 1 is 1.05 bits per heavy atom. The van der Waals surface area contributed by atoms with Crippen LogP contribution in [-0.4, -0.2) is 42.7 Å². The second-order valence-corrected chi connectivity index (χ2v) is 10.6. The molecule has 3 aromatic carbocycles.